The molecule has 0 aliphatic rings. The summed E-state index contributed by atoms with van der Waals surface area (Å²) in [6.45, 7) is 4.18. The standard InChI is InChI=1S/C22H30N2O/c1-7-22(24(5)6,16-18-10-8-17(2)9-11-18)21(25)19-12-14-20(15-13-19)23(3)4/h8-15H,7,16H2,1-6H3. The normalized spacial score (nSPS) is 13.6. The molecule has 2 rings (SSSR count). The van der Waals surface area contributed by atoms with Crippen LogP contribution < -0.4 is 4.90 Å². The number of ketones is 1. The molecule has 3 nitrogen and oxygen atoms in total. The lowest BCUT2D eigenvalue weighted by molar-refractivity contribution is 0.0666. The van der Waals surface area contributed by atoms with Crippen LogP contribution in [0.2, 0.25) is 0 Å². The monoisotopic (exact) mass is 338 g/mol. The minimum Gasteiger partial charge on any atom is -0.378 e. The Bertz CT molecular complexity index is 702. The van der Waals surface area contributed by atoms with E-state index in [0.29, 0.717) is 6.42 Å². The van der Waals surface area contributed by atoms with E-state index in [1.165, 1.54) is 11.1 Å². The first kappa shape index (κ1) is 19.2. The van der Waals surface area contributed by atoms with Crippen LogP contribution in [0.25, 0.3) is 0 Å². The number of aryl methyl sites for hydroxylation is 1. The fraction of sp³-hybridized carbons (Fsp3) is 0.409. The van der Waals surface area contributed by atoms with E-state index >= 15 is 0 Å². The van der Waals surface area contributed by atoms with E-state index < -0.39 is 5.54 Å². The summed E-state index contributed by atoms with van der Waals surface area (Å²) in [6, 6.07) is 16.4. The number of rotatable bonds is 7. The smallest absolute Gasteiger partial charge is 0.183 e. The van der Waals surface area contributed by atoms with Crippen LogP contribution in [0.15, 0.2) is 48.5 Å². The zero-order valence-corrected chi connectivity index (χ0v) is 16.3. The van der Waals surface area contributed by atoms with E-state index in [1.54, 1.807) is 0 Å². The van der Waals surface area contributed by atoms with Crippen molar-refractivity contribution in [3.63, 3.8) is 0 Å². The molecular formula is C22H30N2O. The minimum atomic E-state index is -0.533. The second-order valence-electron chi connectivity index (χ2n) is 7.21. The lowest BCUT2D eigenvalue weighted by atomic mass is 9.80. The van der Waals surface area contributed by atoms with Gasteiger partial charge in [0.2, 0.25) is 0 Å². The first-order valence-electron chi connectivity index (χ1n) is 8.85. The Morgan fingerprint density at radius 3 is 1.92 bits per heavy atom. The van der Waals surface area contributed by atoms with Gasteiger partial charge in [-0.2, -0.15) is 0 Å². The molecule has 0 amide bonds. The predicted octanol–water partition coefficient (Wildman–Crippen LogP) is 4.20. The Hall–Kier alpha value is -2.13. The highest BCUT2D eigenvalue weighted by Gasteiger charge is 2.39. The first-order chi connectivity index (χ1) is 11.8. The van der Waals surface area contributed by atoms with E-state index in [1.807, 2.05) is 57.4 Å². The Morgan fingerprint density at radius 1 is 0.920 bits per heavy atom. The predicted molar refractivity (Wildman–Crippen MR) is 107 cm³/mol. The van der Waals surface area contributed by atoms with Crippen LogP contribution in [0.3, 0.4) is 0 Å². The molecule has 0 N–H and O–H groups in total. The number of nitrogens with zero attached hydrogens (tertiary/aromatic N) is 2. The molecule has 1 atom stereocenters. The average molecular weight is 338 g/mol. The Labute approximate surface area is 152 Å². The summed E-state index contributed by atoms with van der Waals surface area (Å²) >= 11 is 0. The largest absolute Gasteiger partial charge is 0.378 e. The van der Waals surface area contributed by atoms with Crippen LogP contribution in [0.5, 0.6) is 0 Å². The molecule has 0 aliphatic carbocycles. The number of carbonyl (C=O) groups is 1. The Kier molecular flexibility index (Phi) is 6.02. The summed E-state index contributed by atoms with van der Waals surface area (Å²) in [5.41, 5.74) is 3.77. The van der Waals surface area contributed by atoms with Gasteiger partial charge in [0, 0.05) is 25.3 Å². The molecular weight excluding hydrogens is 308 g/mol. The highest BCUT2D eigenvalue weighted by Crippen LogP contribution is 2.28. The van der Waals surface area contributed by atoms with E-state index in [-0.39, 0.29) is 5.78 Å². The van der Waals surface area contributed by atoms with Crippen molar-refractivity contribution in [2.45, 2.75) is 32.2 Å². The van der Waals surface area contributed by atoms with Gasteiger partial charge in [0.25, 0.3) is 0 Å². The molecule has 0 saturated carbocycles. The average Bonchev–Trinajstić information content (AvgIpc) is 2.60. The van der Waals surface area contributed by atoms with Crippen LogP contribution in [-0.4, -0.2) is 44.4 Å². The molecule has 25 heavy (non-hydrogen) atoms. The number of Topliss-reactive ketones (excluding diaryl/α,β-unsaturated/α-hetero) is 1. The third-order valence-corrected chi connectivity index (χ3v) is 5.13. The molecule has 0 bridgehead atoms. The summed E-state index contributed by atoms with van der Waals surface area (Å²) in [5, 5.41) is 0. The molecule has 1 unspecified atom stereocenters. The SMILES string of the molecule is CCC(Cc1ccc(C)cc1)(C(=O)c1ccc(N(C)C)cc1)N(C)C. The molecule has 0 spiro atoms. The minimum absolute atomic E-state index is 0.186. The van der Waals surface area contributed by atoms with Crippen LogP contribution in [0, 0.1) is 6.92 Å². The van der Waals surface area contributed by atoms with Gasteiger partial charge in [-0.1, -0.05) is 36.8 Å². The van der Waals surface area contributed by atoms with Gasteiger partial charge in [0.15, 0.2) is 5.78 Å². The van der Waals surface area contributed by atoms with Gasteiger partial charge in [0.1, 0.15) is 0 Å². The van der Waals surface area contributed by atoms with Gasteiger partial charge in [-0.3, -0.25) is 9.69 Å². The molecule has 2 aromatic rings. The lowest BCUT2D eigenvalue weighted by Crippen LogP contribution is -2.52. The fourth-order valence-corrected chi connectivity index (χ4v) is 3.27. The van der Waals surface area contributed by atoms with Crippen LogP contribution in [-0.2, 0) is 6.42 Å². The summed E-state index contributed by atoms with van der Waals surface area (Å²) in [4.78, 5) is 17.6. The summed E-state index contributed by atoms with van der Waals surface area (Å²) in [7, 11) is 8.02. The van der Waals surface area contributed by atoms with Gasteiger partial charge in [0.05, 0.1) is 5.54 Å². The van der Waals surface area contributed by atoms with Crippen molar-refractivity contribution in [2.24, 2.45) is 0 Å². The second-order valence-corrected chi connectivity index (χ2v) is 7.21. The summed E-state index contributed by atoms with van der Waals surface area (Å²) in [6.07, 6.45) is 1.48. The highest BCUT2D eigenvalue weighted by molar-refractivity contribution is 6.03. The number of carbonyl (C=O) groups excluding carboxylic acids is 1. The maximum atomic E-state index is 13.4. The number of likely N-dealkylation sites (N-methyl/N-ethyl adjacent to an activating group) is 1. The first-order valence-corrected chi connectivity index (χ1v) is 8.85. The number of anilines is 1. The van der Waals surface area contributed by atoms with Gasteiger partial charge in [-0.05, 0) is 63.7 Å². The number of benzene rings is 2. The van der Waals surface area contributed by atoms with Crippen molar-refractivity contribution >= 4 is 11.5 Å². The number of hydrogen-bond donors (Lipinski definition) is 0. The third-order valence-electron chi connectivity index (χ3n) is 5.13. The topological polar surface area (TPSA) is 23.6 Å². The van der Waals surface area contributed by atoms with E-state index in [4.69, 9.17) is 0 Å². The lowest BCUT2D eigenvalue weighted by Gasteiger charge is -2.38. The van der Waals surface area contributed by atoms with Gasteiger partial charge < -0.3 is 4.90 Å². The van der Waals surface area contributed by atoms with Crippen molar-refractivity contribution in [1.29, 1.82) is 0 Å². The zero-order valence-electron chi connectivity index (χ0n) is 16.3. The van der Waals surface area contributed by atoms with Crippen LogP contribution >= 0.6 is 0 Å². The van der Waals surface area contributed by atoms with E-state index in [0.717, 1.165) is 17.7 Å². The van der Waals surface area contributed by atoms with Gasteiger partial charge in [-0.15, -0.1) is 0 Å². The van der Waals surface area contributed by atoms with Crippen molar-refractivity contribution in [2.75, 3.05) is 33.1 Å². The molecule has 134 valence electrons. The maximum Gasteiger partial charge on any atom is 0.183 e. The third kappa shape index (κ3) is 4.10. The number of hydrogen-bond acceptors (Lipinski definition) is 3. The molecule has 0 aliphatic heterocycles. The van der Waals surface area contributed by atoms with Crippen molar-refractivity contribution in [1.82, 2.24) is 4.90 Å². The van der Waals surface area contributed by atoms with Gasteiger partial charge in [-0.25, -0.2) is 0 Å². The Morgan fingerprint density at radius 2 is 1.48 bits per heavy atom. The maximum absolute atomic E-state index is 13.4. The molecule has 2 aromatic carbocycles. The van der Waals surface area contributed by atoms with Crippen LogP contribution in [0.4, 0.5) is 5.69 Å². The quantitative estimate of drug-likeness (QED) is 0.707. The van der Waals surface area contributed by atoms with Gasteiger partial charge >= 0.3 is 0 Å². The summed E-state index contributed by atoms with van der Waals surface area (Å²) in [5.74, 6) is 0.186. The summed E-state index contributed by atoms with van der Waals surface area (Å²) < 4.78 is 0. The van der Waals surface area contributed by atoms with Crippen molar-refractivity contribution in [3.05, 3.63) is 65.2 Å². The van der Waals surface area contributed by atoms with Crippen LogP contribution in [0.1, 0.15) is 34.8 Å². The fourth-order valence-electron chi connectivity index (χ4n) is 3.27. The van der Waals surface area contributed by atoms with E-state index in [9.17, 15) is 4.79 Å². The zero-order chi connectivity index (χ0) is 18.6. The Balaban J connectivity index is 2.37. The van der Waals surface area contributed by atoms with Crippen molar-refractivity contribution in [3.8, 4) is 0 Å². The molecule has 0 saturated heterocycles. The van der Waals surface area contributed by atoms with Crippen molar-refractivity contribution < 1.29 is 4.79 Å². The second kappa shape index (κ2) is 7.83. The van der Waals surface area contributed by atoms with E-state index in [2.05, 4.69) is 43.0 Å². The molecule has 0 heterocycles. The molecule has 0 radical (unpaired) electrons. The molecule has 3 heteroatoms. The molecule has 0 fully saturated rings. The highest BCUT2D eigenvalue weighted by atomic mass is 16.1. The molecule has 0 aromatic heterocycles.